The van der Waals surface area contributed by atoms with Crippen LogP contribution in [0.1, 0.15) is 0 Å². The lowest BCUT2D eigenvalue weighted by Gasteiger charge is -2.11. The van der Waals surface area contributed by atoms with Gasteiger partial charge in [-0.15, -0.1) is 0 Å². The van der Waals surface area contributed by atoms with Gasteiger partial charge in [0.2, 0.25) is 15.9 Å². The third-order valence-electron chi connectivity index (χ3n) is 2.20. The number of rotatable bonds is 6. The van der Waals surface area contributed by atoms with E-state index in [9.17, 15) is 13.2 Å². The summed E-state index contributed by atoms with van der Waals surface area (Å²) >= 11 is 0. The van der Waals surface area contributed by atoms with Crippen LogP contribution < -0.4 is 11.1 Å². The molecule has 1 rings (SSSR count). The summed E-state index contributed by atoms with van der Waals surface area (Å²) in [4.78, 5) is 11.5. The Labute approximate surface area is 106 Å². The van der Waals surface area contributed by atoms with Crippen molar-refractivity contribution in [3.05, 3.63) is 12.4 Å². The van der Waals surface area contributed by atoms with Crippen molar-refractivity contribution in [2.24, 2.45) is 0 Å². The summed E-state index contributed by atoms with van der Waals surface area (Å²) in [6, 6.07) is 0. The molecule has 0 aliphatic heterocycles. The molecule has 0 spiro atoms. The van der Waals surface area contributed by atoms with Crippen molar-refractivity contribution in [1.82, 2.24) is 19.4 Å². The van der Waals surface area contributed by atoms with Gasteiger partial charge in [0.15, 0.2) is 0 Å². The molecule has 8 nitrogen and oxygen atoms in total. The molecule has 0 aliphatic rings. The van der Waals surface area contributed by atoms with E-state index < -0.39 is 10.0 Å². The Hall–Kier alpha value is -1.61. The molecule has 0 bridgehead atoms. The average Bonchev–Trinajstić information content (AvgIpc) is 2.63. The highest BCUT2D eigenvalue weighted by Gasteiger charge is 2.13. The summed E-state index contributed by atoms with van der Waals surface area (Å²) in [5, 5.41) is 6.35. The lowest BCUT2D eigenvalue weighted by atomic mass is 10.5. The van der Waals surface area contributed by atoms with E-state index >= 15 is 0 Å². The van der Waals surface area contributed by atoms with Gasteiger partial charge in [-0.2, -0.15) is 5.10 Å². The number of nitrogens with zero attached hydrogens (tertiary/aromatic N) is 3. The molecule has 0 atom stereocenters. The Bertz CT molecular complexity index is 508. The molecule has 0 radical (unpaired) electrons. The van der Waals surface area contributed by atoms with Crippen molar-refractivity contribution >= 4 is 21.6 Å². The zero-order valence-corrected chi connectivity index (χ0v) is 11.1. The quantitative estimate of drug-likeness (QED) is 0.654. The molecule has 102 valence electrons. The second-order valence-corrected chi connectivity index (χ2v) is 6.22. The van der Waals surface area contributed by atoms with Crippen molar-refractivity contribution in [3.63, 3.8) is 0 Å². The highest BCUT2D eigenvalue weighted by atomic mass is 32.2. The predicted molar refractivity (Wildman–Crippen MR) is 67.1 cm³/mol. The van der Waals surface area contributed by atoms with Crippen molar-refractivity contribution in [1.29, 1.82) is 0 Å². The van der Waals surface area contributed by atoms with E-state index in [-0.39, 0.29) is 24.7 Å². The van der Waals surface area contributed by atoms with Gasteiger partial charge in [-0.25, -0.2) is 12.7 Å². The molecule has 0 saturated carbocycles. The third-order valence-corrected chi connectivity index (χ3v) is 4.03. The van der Waals surface area contributed by atoms with Gasteiger partial charge in [-0.05, 0) is 0 Å². The number of nitrogens with two attached hydrogens (primary N) is 1. The van der Waals surface area contributed by atoms with Crippen LogP contribution in [-0.4, -0.2) is 54.8 Å². The van der Waals surface area contributed by atoms with Crippen LogP contribution in [0, 0.1) is 0 Å². The summed E-state index contributed by atoms with van der Waals surface area (Å²) in [6.07, 6.45) is 2.96. The summed E-state index contributed by atoms with van der Waals surface area (Å²) in [5.41, 5.74) is 5.92. The van der Waals surface area contributed by atoms with Crippen LogP contribution in [0.2, 0.25) is 0 Å². The van der Waals surface area contributed by atoms with Gasteiger partial charge in [-0.1, -0.05) is 0 Å². The van der Waals surface area contributed by atoms with E-state index in [4.69, 9.17) is 5.73 Å². The second-order valence-electron chi connectivity index (χ2n) is 3.92. The number of sulfonamides is 1. The van der Waals surface area contributed by atoms with Crippen molar-refractivity contribution in [2.75, 3.05) is 32.1 Å². The minimum Gasteiger partial charge on any atom is -0.396 e. The third kappa shape index (κ3) is 4.34. The molecule has 1 aromatic rings. The first kappa shape index (κ1) is 14.5. The predicted octanol–water partition coefficient (Wildman–Crippen LogP) is -1.53. The normalized spacial score (nSPS) is 11.7. The van der Waals surface area contributed by atoms with Crippen molar-refractivity contribution in [3.8, 4) is 0 Å². The SMILES string of the molecule is CN(C)S(=O)(=O)CCNC(=O)Cn1cc(N)cn1. The molecule has 0 saturated heterocycles. The summed E-state index contributed by atoms with van der Waals surface area (Å²) in [5.74, 6) is -0.445. The number of carbonyl (C=O) groups is 1. The maximum absolute atomic E-state index is 11.5. The van der Waals surface area contributed by atoms with E-state index in [1.165, 1.54) is 31.2 Å². The number of hydrogen-bond acceptors (Lipinski definition) is 5. The maximum Gasteiger partial charge on any atom is 0.241 e. The molecule has 0 aromatic carbocycles. The molecule has 3 N–H and O–H groups in total. The summed E-state index contributed by atoms with van der Waals surface area (Å²) < 4.78 is 25.3. The van der Waals surface area contributed by atoms with E-state index in [1.807, 2.05) is 0 Å². The smallest absolute Gasteiger partial charge is 0.241 e. The fourth-order valence-corrected chi connectivity index (χ4v) is 1.90. The molecular weight excluding hydrogens is 258 g/mol. The van der Waals surface area contributed by atoms with Crippen LogP contribution in [0.15, 0.2) is 12.4 Å². The Morgan fingerprint density at radius 3 is 2.72 bits per heavy atom. The van der Waals surface area contributed by atoms with E-state index in [1.54, 1.807) is 0 Å². The zero-order valence-electron chi connectivity index (χ0n) is 10.3. The summed E-state index contributed by atoms with van der Waals surface area (Å²) in [7, 11) is -0.390. The van der Waals surface area contributed by atoms with Crippen LogP contribution in [-0.2, 0) is 21.4 Å². The van der Waals surface area contributed by atoms with Gasteiger partial charge >= 0.3 is 0 Å². The second kappa shape index (κ2) is 5.83. The molecule has 1 amide bonds. The Kier molecular flexibility index (Phi) is 4.68. The molecule has 18 heavy (non-hydrogen) atoms. The molecular formula is C9H17N5O3S. The van der Waals surface area contributed by atoms with Gasteiger partial charge < -0.3 is 11.1 Å². The minimum absolute atomic E-state index is 0.0131. The molecule has 1 heterocycles. The van der Waals surface area contributed by atoms with Crippen LogP contribution in [0.5, 0.6) is 0 Å². The minimum atomic E-state index is -3.29. The van der Waals surface area contributed by atoms with Gasteiger partial charge in [0.25, 0.3) is 0 Å². The molecule has 9 heteroatoms. The number of nitrogen functional groups attached to an aromatic ring is 1. The average molecular weight is 275 g/mol. The number of carbonyl (C=O) groups excluding carboxylic acids is 1. The molecule has 0 fully saturated rings. The van der Waals surface area contributed by atoms with Crippen LogP contribution in [0.25, 0.3) is 0 Å². The fraction of sp³-hybridized carbons (Fsp3) is 0.556. The van der Waals surface area contributed by atoms with Gasteiger partial charge in [0.05, 0.1) is 17.6 Å². The largest absolute Gasteiger partial charge is 0.396 e. The Balaban J connectivity index is 2.34. The lowest BCUT2D eigenvalue weighted by molar-refractivity contribution is -0.121. The van der Waals surface area contributed by atoms with Crippen molar-refractivity contribution in [2.45, 2.75) is 6.54 Å². The molecule has 0 unspecified atom stereocenters. The first-order valence-electron chi connectivity index (χ1n) is 5.26. The van der Waals surface area contributed by atoms with Crippen molar-refractivity contribution < 1.29 is 13.2 Å². The van der Waals surface area contributed by atoms with E-state index in [2.05, 4.69) is 10.4 Å². The number of hydrogen-bond donors (Lipinski definition) is 2. The van der Waals surface area contributed by atoms with Gasteiger partial charge in [0, 0.05) is 26.8 Å². The number of anilines is 1. The van der Waals surface area contributed by atoms with Gasteiger partial charge in [0.1, 0.15) is 6.54 Å². The number of aromatic nitrogens is 2. The Morgan fingerprint density at radius 1 is 1.56 bits per heavy atom. The van der Waals surface area contributed by atoms with E-state index in [0.717, 1.165) is 4.31 Å². The molecule has 1 aromatic heterocycles. The summed E-state index contributed by atoms with van der Waals surface area (Å²) in [6.45, 7) is 0.0787. The fourth-order valence-electron chi connectivity index (χ4n) is 1.17. The standard InChI is InChI=1S/C9H17N5O3S/c1-13(2)18(16,17)4-3-11-9(15)7-14-6-8(10)5-12-14/h5-6H,3-4,7,10H2,1-2H3,(H,11,15). The van der Waals surface area contributed by atoms with Gasteiger partial charge in [-0.3, -0.25) is 9.48 Å². The number of amides is 1. The van der Waals surface area contributed by atoms with Crippen LogP contribution in [0.3, 0.4) is 0 Å². The Morgan fingerprint density at radius 2 is 2.22 bits per heavy atom. The first-order chi connectivity index (χ1) is 8.31. The van der Waals surface area contributed by atoms with Crippen LogP contribution >= 0.6 is 0 Å². The van der Waals surface area contributed by atoms with E-state index in [0.29, 0.717) is 5.69 Å². The molecule has 0 aliphatic carbocycles. The topological polar surface area (TPSA) is 110 Å². The maximum atomic E-state index is 11.5. The number of nitrogens with one attached hydrogen (secondary N) is 1. The zero-order chi connectivity index (χ0) is 13.8. The first-order valence-corrected chi connectivity index (χ1v) is 6.87. The van der Waals surface area contributed by atoms with Crippen LogP contribution in [0.4, 0.5) is 5.69 Å². The lowest BCUT2D eigenvalue weighted by Crippen LogP contribution is -2.35. The monoisotopic (exact) mass is 275 g/mol. The highest BCUT2D eigenvalue weighted by Crippen LogP contribution is 1.97. The highest BCUT2D eigenvalue weighted by molar-refractivity contribution is 7.89.